The number of phenols is 1. The number of phenolic OH excluding ortho intramolecular Hbond substituents is 1. The van der Waals surface area contributed by atoms with E-state index in [1.807, 2.05) is 29.7 Å². The molecule has 4 aromatic rings. The SMILES string of the molecule is Cc1cc(O)cc2c(OCC3CCCN3c3ncnc4c3ncn4CCC3CCOC3=O)cccc12. The molecule has 2 aromatic heterocycles. The molecule has 4 heterocycles. The third kappa shape index (κ3) is 4.08. The Kier molecular flexibility index (Phi) is 5.83. The maximum Gasteiger partial charge on any atom is 0.309 e. The molecular formula is C27H29N5O4. The number of imidazole rings is 1. The lowest BCUT2D eigenvalue weighted by molar-refractivity contribution is -0.141. The van der Waals surface area contributed by atoms with E-state index in [1.54, 1.807) is 24.8 Å². The van der Waals surface area contributed by atoms with Crippen molar-refractivity contribution in [3.63, 3.8) is 0 Å². The Morgan fingerprint density at radius 1 is 1.17 bits per heavy atom. The van der Waals surface area contributed by atoms with Gasteiger partial charge < -0.3 is 24.0 Å². The lowest BCUT2D eigenvalue weighted by Crippen LogP contribution is -2.35. The second-order valence-electron chi connectivity index (χ2n) is 9.66. The topological polar surface area (TPSA) is 103 Å². The van der Waals surface area contributed by atoms with Gasteiger partial charge >= 0.3 is 5.97 Å². The lowest BCUT2D eigenvalue weighted by Gasteiger charge is -2.26. The molecule has 0 spiro atoms. The molecule has 6 rings (SSSR count). The van der Waals surface area contributed by atoms with E-state index in [-0.39, 0.29) is 23.7 Å². The van der Waals surface area contributed by atoms with Crippen molar-refractivity contribution in [2.45, 2.75) is 45.2 Å². The van der Waals surface area contributed by atoms with Crippen molar-refractivity contribution >= 4 is 33.7 Å². The molecular weight excluding hydrogens is 458 g/mol. The number of aromatic nitrogens is 4. The maximum atomic E-state index is 11.8. The van der Waals surface area contributed by atoms with Crippen LogP contribution in [0.4, 0.5) is 5.82 Å². The molecule has 2 unspecified atom stereocenters. The molecule has 2 atom stereocenters. The fourth-order valence-electron chi connectivity index (χ4n) is 5.46. The summed E-state index contributed by atoms with van der Waals surface area (Å²) < 4.78 is 13.4. The Morgan fingerprint density at radius 2 is 2.08 bits per heavy atom. The molecule has 0 saturated carbocycles. The number of cyclic esters (lactones) is 1. The van der Waals surface area contributed by atoms with Crippen LogP contribution < -0.4 is 9.64 Å². The number of carbonyl (C=O) groups excluding carboxylic acids is 1. The first-order valence-corrected chi connectivity index (χ1v) is 12.5. The zero-order valence-corrected chi connectivity index (χ0v) is 20.3. The fourth-order valence-corrected chi connectivity index (χ4v) is 5.46. The average molecular weight is 488 g/mol. The molecule has 2 fully saturated rings. The summed E-state index contributed by atoms with van der Waals surface area (Å²) >= 11 is 0. The first-order valence-electron chi connectivity index (χ1n) is 12.5. The van der Waals surface area contributed by atoms with Crippen molar-refractivity contribution in [3.05, 3.63) is 48.5 Å². The monoisotopic (exact) mass is 487 g/mol. The van der Waals surface area contributed by atoms with Crippen LogP contribution in [0.5, 0.6) is 11.5 Å². The summed E-state index contributed by atoms with van der Waals surface area (Å²) in [6.07, 6.45) is 6.90. The first-order chi connectivity index (χ1) is 17.6. The van der Waals surface area contributed by atoms with Gasteiger partial charge in [-0.05, 0) is 61.8 Å². The van der Waals surface area contributed by atoms with E-state index in [1.165, 1.54) is 0 Å². The van der Waals surface area contributed by atoms with Gasteiger partial charge in [0.25, 0.3) is 0 Å². The van der Waals surface area contributed by atoms with Crippen LogP contribution >= 0.6 is 0 Å². The molecule has 0 radical (unpaired) electrons. The highest BCUT2D eigenvalue weighted by molar-refractivity contribution is 5.92. The molecule has 0 amide bonds. The van der Waals surface area contributed by atoms with Crippen LogP contribution in [-0.4, -0.2) is 56.4 Å². The van der Waals surface area contributed by atoms with E-state index >= 15 is 0 Å². The Labute approximate surface area is 208 Å². The first kappa shape index (κ1) is 22.6. The predicted molar refractivity (Wildman–Crippen MR) is 135 cm³/mol. The van der Waals surface area contributed by atoms with E-state index in [9.17, 15) is 9.90 Å². The molecule has 36 heavy (non-hydrogen) atoms. The van der Waals surface area contributed by atoms with E-state index < -0.39 is 0 Å². The zero-order valence-electron chi connectivity index (χ0n) is 20.3. The Balaban J connectivity index is 1.21. The van der Waals surface area contributed by atoms with Crippen LogP contribution in [0.2, 0.25) is 0 Å². The molecule has 1 N–H and O–H groups in total. The number of hydrogen-bond acceptors (Lipinski definition) is 8. The van der Waals surface area contributed by atoms with E-state index in [0.29, 0.717) is 26.2 Å². The van der Waals surface area contributed by atoms with Gasteiger partial charge in [-0.2, -0.15) is 0 Å². The predicted octanol–water partition coefficient (Wildman–Crippen LogP) is 3.99. The highest BCUT2D eigenvalue weighted by atomic mass is 16.5. The minimum Gasteiger partial charge on any atom is -0.508 e. The van der Waals surface area contributed by atoms with Crippen LogP contribution in [0.25, 0.3) is 21.9 Å². The Hall–Kier alpha value is -3.88. The van der Waals surface area contributed by atoms with E-state index in [4.69, 9.17) is 9.47 Å². The quantitative estimate of drug-likeness (QED) is 0.390. The summed E-state index contributed by atoms with van der Waals surface area (Å²) in [6.45, 7) is 4.54. The molecule has 186 valence electrons. The number of aryl methyl sites for hydroxylation is 2. The number of aromatic hydroxyl groups is 1. The van der Waals surface area contributed by atoms with Crippen LogP contribution in [0.3, 0.4) is 0 Å². The number of rotatable bonds is 7. The third-order valence-electron chi connectivity index (χ3n) is 7.37. The summed E-state index contributed by atoms with van der Waals surface area (Å²) in [4.78, 5) is 27.9. The molecule has 2 saturated heterocycles. The second kappa shape index (κ2) is 9.29. The van der Waals surface area contributed by atoms with E-state index in [0.717, 1.165) is 64.9 Å². The number of fused-ring (bicyclic) bond motifs is 2. The minimum atomic E-state index is -0.105. The maximum absolute atomic E-state index is 11.8. The number of ether oxygens (including phenoxy) is 2. The largest absolute Gasteiger partial charge is 0.508 e. The van der Waals surface area contributed by atoms with Gasteiger partial charge in [0, 0.05) is 18.5 Å². The van der Waals surface area contributed by atoms with Gasteiger partial charge in [0.15, 0.2) is 17.0 Å². The van der Waals surface area contributed by atoms with Gasteiger partial charge in [-0.1, -0.05) is 12.1 Å². The third-order valence-corrected chi connectivity index (χ3v) is 7.37. The Morgan fingerprint density at radius 3 is 2.94 bits per heavy atom. The van der Waals surface area contributed by atoms with Crippen LogP contribution in [-0.2, 0) is 16.1 Å². The van der Waals surface area contributed by atoms with Crippen molar-refractivity contribution in [1.82, 2.24) is 19.5 Å². The lowest BCUT2D eigenvalue weighted by atomic mass is 10.0. The molecule has 2 aliphatic rings. The van der Waals surface area contributed by atoms with Crippen molar-refractivity contribution in [2.75, 3.05) is 24.7 Å². The highest BCUT2D eigenvalue weighted by Crippen LogP contribution is 2.33. The van der Waals surface area contributed by atoms with Crippen LogP contribution in [0.15, 0.2) is 43.0 Å². The van der Waals surface area contributed by atoms with Crippen molar-refractivity contribution in [2.24, 2.45) is 5.92 Å². The summed E-state index contributed by atoms with van der Waals surface area (Å²) in [6, 6.07) is 9.66. The fraction of sp³-hybridized carbons (Fsp3) is 0.407. The highest BCUT2D eigenvalue weighted by Gasteiger charge is 2.30. The van der Waals surface area contributed by atoms with Crippen molar-refractivity contribution in [1.29, 1.82) is 0 Å². The van der Waals surface area contributed by atoms with Crippen molar-refractivity contribution in [3.8, 4) is 11.5 Å². The molecule has 2 aliphatic heterocycles. The number of benzene rings is 2. The van der Waals surface area contributed by atoms with Gasteiger partial charge in [-0.3, -0.25) is 4.79 Å². The van der Waals surface area contributed by atoms with Gasteiger partial charge in [-0.25, -0.2) is 15.0 Å². The van der Waals surface area contributed by atoms with Gasteiger partial charge in [0.05, 0.1) is 24.9 Å². The molecule has 9 heteroatoms. The molecule has 2 aromatic carbocycles. The van der Waals surface area contributed by atoms with Gasteiger partial charge in [-0.15, -0.1) is 0 Å². The Bertz CT molecular complexity index is 1430. The second-order valence-corrected chi connectivity index (χ2v) is 9.66. The number of carbonyl (C=O) groups is 1. The normalized spacial score (nSPS) is 19.9. The number of esters is 1. The zero-order chi connectivity index (χ0) is 24.6. The molecule has 0 bridgehead atoms. The smallest absolute Gasteiger partial charge is 0.309 e. The number of anilines is 1. The minimum absolute atomic E-state index is 0.0522. The molecule has 0 aliphatic carbocycles. The summed E-state index contributed by atoms with van der Waals surface area (Å²) in [5, 5.41) is 12.1. The summed E-state index contributed by atoms with van der Waals surface area (Å²) in [5.74, 6) is 1.66. The number of hydrogen-bond donors (Lipinski definition) is 1. The average Bonchev–Trinajstić information content (AvgIpc) is 3.61. The van der Waals surface area contributed by atoms with Gasteiger partial charge in [0.1, 0.15) is 24.4 Å². The van der Waals surface area contributed by atoms with Crippen LogP contribution in [0, 0.1) is 12.8 Å². The molecule has 9 nitrogen and oxygen atoms in total. The van der Waals surface area contributed by atoms with E-state index in [2.05, 4.69) is 19.9 Å². The number of nitrogens with zero attached hydrogens (tertiary/aromatic N) is 5. The van der Waals surface area contributed by atoms with Gasteiger partial charge in [0.2, 0.25) is 0 Å². The van der Waals surface area contributed by atoms with Crippen LogP contribution in [0.1, 0.15) is 31.2 Å². The van der Waals surface area contributed by atoms with Crippen molar-refractivity contribution < 1.29 is 19.4 Å². The standard InChI is InChI=1S/C27H29N5O4/c1-17-12-20(33)13-22-21(17)5-2-6-23(22)36-14-19-4-3-9-32(19)26-24-25(28-15-29-26)31(16-30-24)10-7-18-8-11-35-27(18)34/h2,5-6,12-13,15-16,18-19,33H,3-4,7-11,14H2,1H3. The summed E-state index contributed by atoms with van der Waals surface area (Å²) in [5.41, 5.74) is 2.56. The summed E-state index contributed by atoms with van der Waals surface area (Å²) in [7, 11) is 0.